The fourth-order valence-electron chi connectivity index (χ4n) is 2.34. The van der Waals surface area contributed by atoms with E-state index in [9.17, 15) is 4.79 Å². The first-order chi connectivity index (χ1) is 8.75. The molecular weight excluding hydrogens is 268 g/mol. The molecule has 104 valence electrons. The quantitative estimate of drug-likeness (QED) is 0.844. The maximum atomic E-state index is 12.4. The van der Waals surface area contributed by atoms with Crippen LogP contribution < -0.4 is 14.8 Å². The van der Waals surface area contributed by atoms with E-state index in [0.29, 0.717) is 17.1 Å². The van der Waals surface area contributed by atoms with Gasteiger partial charge in [0.2, 0.25) is 6.79 Å². The molecule has 1 fully saturated rings. The summed E-state index contributed by atoms with van der Waals surface area (Å²) in [4.78, 5) is 14.3. The fourth-order valence-corrected chi connectivity index (χ4v) is 2.34. The third-order valence-corrected chi connectivity index (χ3v) is 3.38. The van der Waals surface area contributed by atoms with Gasteiger partial charge in [0.05, 0.1) is 0 Å². The van der Waals surface area contributed by atoms with Crippen LogP contribution in [0.4, 0.5) is 0 Å². The lowest BCUT2D eigenvalue weighted by atomic mass is 10.1. The van der Waals surface area contributed by atoms with Gasteiger partial charge in [-0.05, 0) is 25.1 Å². The summed E-state index contributed by atoms with van der Waals surface area (Å²) in [5.41, 5.74) is 0.660. The molecule has 3 rings (SSSR count). The van der Waals surface area contributed by atoms with Gasteiger partial charge in [0.25, 0.3) is 5.91 Å². The molecule has 2 aliphatic rings. The van der Waals surface area contributed by atoms with Crippen molar-refractivity contribution in [3.05, 3.63) is 23.8 Å². The van der Waals surface area contributed by atoms with Crippen molar-refractivity contribution in [3.63, 3.8) is 0 Å². The number of nitrogens with zero attached hydrogens (tertiary/aromatic N) is 1. The molecule has 0 radical (unpaired) electrons. The normalized spacial score (nSPS) is 20.9. The molecule has 1 N–H and O–H groups in total. The average molecular weight is 285 g/mol. The molecule has 1 unspecified atom stereocenters. The highest BCUT2D eigenvalue weighted by Gasteiger charge is 2.25. The molecule has 1 aromatic rings. The minimum absolute atomic E-state index is 0. The van der Waals surface area contributed by atoms with E-state index in [0.717, 1.165) is 19.6 Å². The van der Waals surface area contributed by atoms with Crippen LogP contribution in [0.15, 0.2) is 18.2 Å². The van der Waals surface area contributed by atoms with Crippen molar-refractivity contribution in [1.29, 1.82) is 0 Å². The van der Waals surface area contributed by atoms with E-state index >= 15 is 0 Å². The van der Waals surface area contributed by atoms with Crippen molar-refractivity contribution in [3.8, 4) is 11.5 Å². The van der Waals surface area contributed by atoms with Crippen LogP contribution in [-0.4, -0.2) is 43.3 Å². The number of piperazine rings is 1. The van der Waals surface area contributed by atoms with E-state index in [-0.39, 0.29) is 31.1 Å². The zero-order chi connectivity index (χ0) is 12.5. The third-order valence-electron chi connectivity index (χ3n) is 3.38. The van der Waals surface area contributed by atoms with Crippen molar-refractivity contribution in [2.24, 2.45) is 0 Å². The number of amides is 1. The molecule has 0 aliphatic carbocycles. The molecule has 0 saturated carbocycles. The lowest BCUT2D eigenvalue weighted by Crippen LogP contribution is -2.52. The van der Waals surface area contributed by atoms with Crippen LogP contribution in [0.3, 0.4) is 0 Å². The molecule has 1 aromatic carbocycles. The zero-order valence-electron chi connectivity index (χ0n) is 10.7. The Balaban J connectivity index is 0.00000133. The number of hydrogen-bond acceptors (Lipinski definition) is 4. The van der Waals surface area contributed by atoms with Crippen LogP contribution in [0.1, 0.15) is 17.3 Å². The lowest BCUT2D eigenvalue weighted by molar-refractivity contribution is 0.0655. The zero-order valence-corrected chi connectivity index (χ0v) is 11.5. The van der Waals surface area contributed by atoms with E-state index in [2.05, 4.69) is 12.2 Å². The van der Waals surface area contributed by atoms with E-state index in [1.165, 1.54) is 0 Å². The molecule has 0 aromatic heterocycles. The second-order valence-electron chi connectivity index (χ2n) is 4.62. The Morgan fingerprint density at radius 2 is 2.16 bits per heavy atom. The van der Waals surface area contributed by atoms with Crippen LogP contribution in [0.2, 0.25) is 0 Å². The SMILES string of the molecule is CC1CNCCN1C(=O)c1ccc2c(c1)OCO2.Cl. The van der Waals surface area contributed by atoms with Gasteiger partial charge in [-0.15, -0.1) is 12.4 Å². The highest BCUT2D eigenvalue weighted by atomic mass is 35.5. The Kier molecular flexibility index (Phi) is 4.17. The number of fused-ring (bicyclic) bond motifs is 1. The number of benzene rings is 1. The van der Waals surface area contributed by atoms with Gasteiger partial charge in [0.15, 0.2) is 11.5 Å². The predicted molar refractivity (Wildman–Crippen MR) is 73.2 cm³/mol. The van der Waals surface area contributed by atoms with Gasteiger partial charge in [-0.25, -0.2) is 0 Å². The topological polar surface area (TPSA) is 50.8 Å². The van der Waals surface area contributed by atoms with Crippen molar-refractivity contribution in [2.75, 3.05) is 26.4 Å². The maximum absolute atomic E-state index is 12.4. The predicted octanol–water partition coefficient (Wildman–Crippen LogP) is 1.27. The summed E-state index contributed by atoms with van der Waals surface area (Å²) in [6.45, 7) is 4.72. The molecule has 1 saturated heterocycles. The molecule has 0 spiro atoms. The number of halogens is 1. The molecule has 2 heterocycles. The Bertz CT molecular complexity index is 481. The summed E-state index contributed by atoms with van der Waals surface area (Å²) < 4.78 is 10.5. The molecule has 0 bridgehead atoms. The Morgan fingerprint density at radius 1 is 1.37 bits per heavy atom. The van der Waals surface area contributed by atoms with E-state index in [1.807, 2.05) is 4.90 Å². The second-order valence-corrected chi connectivity index (χ2v) is 4.62. The number of carbonyl (C=O) groups excluding carboxylic acids is 1. The summed E-state index contributed by atoms with van der Waals surface area (Å²) >= 11 is 0. The van der Waals surface area contributed by atoms with Crippen molar-refractivity contribution < 1.29 is 14.3 Å². The summed E-state index contributed by atoms with van der Waals surface area (Å²) in [6, 6.07) is 5.57. The van der Waals surface area contributed by atoms with Gasteiger partial charge in [-0.2, -0.15) is 0 Å². The van der Waals surface area contributed by atoms with E-state index in [1.54, 1.807) is 18.2 Å². The van der Waals surface area contributed by atoms with E-state index in [4.69, 9.17) is 9.47 Å². The summed E-state index contributed by atoms with van der Waals surface area (Å²) in [6.07, 6.45) is 0. The van der Waals surface area contributed by atoms with Crippen LogP contribution in [0, 0.1) is 0 Å². The minimum Gasteiger partial charge on any atom is -0.454 e. The summed E-state index contributed by atoms with van der Waals surface area (Å²) in [5.74, 6) is 1.42. The van der Waals surface area contributed by atoms with Gasteiger partial charge in [-0.3, -0.25) is 4.79 Å². The molecular formula is C13H17ClN2O3. The van der Waals surface area contributed by atoms with Gasteiger partial charge in [0.1, 0.15) is 0 Å². The summed E-state index contributed by atoms with van der Waals surface area (Å²) in [7, 11) is 0. The van der Waals surface area contributed by atoms with Crippen LogP contribution in [0.5, 0.6) is 11.5 Å². The monoisotopic (exact) mass is 284 g/mol. The fraction of sp³-hybridized carbons (Fsp3) is 0.462. The molecule has 19 heavy (non-hydrogen) atoms. The smallest absolute Gasteiger partial charge is 0.254 e. The van der Waals surface area contributed by atoms with Gasteiger partial charge < -0.3 is 19.7 Å². The second kappa shape index (κ2) is 5.67. The molecule has 1 amide bonds. The summed E-state index contributed by atoms with van der Waals surface area (Å²) in [5, 5.41) is 3.27. The van der Waals surface area contributed by atoms with Crippen molar-refractivity contribution in [2.45, 2.75) is 13.0 Å². The molecule has 2 aliphatic heterocycles. The largest absolute Gasteiger partial charge is 0.454 e. The number of ether oxygens (including phenoxy) is 2. The van der Waals surface area contributed by atoms with Gasteiger partial charge in [0, 0.05) is 31.2 Å². The van der Waals surface area contributed by atoms with Gasteiger partial charge in [-0.1, -0.05) is 0 Å². The Morgan fingerprint density at radius 3 is 2.95 bits per heavy atom. The first kappa shape index (κ1) is 14.0. The number of rotatable bonds is 1. The first-order valence-corrected chi connectivity index (χ1v) is 6.17. The number of nitrogens with one attached hydrogen (secondary N) is 1. The Hall–Kier alpha value is -1.46. The van der Waals surface area contributed by atoms with Crippen molar-refractivity contribution >= 4 is 18.3 Å². The number of carbonyl (C=O) groups is 1. The molecule has 5 nitrogen and oxygen atoms in total. The van der Waals surface area contributed by atoms with Crippen LogP contribution in [-0.2, 0) is 0 Å². The highest BCUT2D eigenvalue weighted by molar-refractivity contribution is 5.95. The average Bonchev–Trinajstić information content (AvgIpc) is 2.85. The third kappa shape index (κ3) is 2.62. The highest BCUT2D eigenvalue weighted by Crippen LogP contribution is 2.32. The number of hydrogen-bond donors (Lipinski definition) is 1. The lowest BCUT2D eigenvalue weighted by Gasteiger charge is -2.34. The first-order valence-electron chi connectivity index (χ1n) is 6.17. The molecule has 6 heteroatoms. The standard InChI is InChI=1S/C13H16N2O3.ClH/c1-9-7-14-4-5-15(9)13(16)10-2-3-11-12(6-10)18-8-17-11;/h2-3,6,9,14H,4-5,7-8H2,1H3;1H. The Labute approximate surface area is 118 Å². The van der Waals surface area contributed by atoms with E-state index < -0.39 is 0 Å². The van der Waals surface area contributed by atoms with Gasteiger partial charge >= 0.3 is 0 Å². The maximum Gasteiger partial charge on any atom is 0.254 e. The van der Waals surface area contributed by atoms with Crippen LogP contribution in [0.25, 0.3) is 0 Å². The van der Waals surface area contributed by atoms with Crippen molar-refractivity contribution in [1.82, 2.24) is 10.2 Å². The van der Waals surface area contributed by atoms with Crippen LogP contribution >= 0.6 is 12.4 Å². The molecule has 1 atom stereocenters. The minimum atomic E-state index is 0.